The molecule has 0 radical (unpaired) electrons. The molecule has 1 heterocycles. The van der Waals surface area contributed by atoms with Gasteiger partial charge >= 0.3 is 11.7 Å². The van der Waals surface area contributed by atoms with Crippen LogP contribution < -0.4 is 16.6 Å². The van der Waals surface area contributed by atoms with Gasteiger partial charge in [0.15, 0.2) is 0 Å². The number of aromatic nitrogens is 2. The monoisotopic (exact) mass is 283 g/mol. The molecule has 4 N–H and O–H groups in total. The van der Waals surface area contributed by atoms with Crippen LogP contribution in [0.25, 0.3) is 0 Å². The molecule has 20 heavy (non-hydrogen) atoms. The Morgan fingerprint density at radius 3 is 2.50 bits per heavy atom. The van der Waals surface area contributed by atoms with E-state index >= 15 is 0 Å². The van der Waals surface area contributed by atoms with E-state index in [1.165, 1.54) is 0 Å². The minimum absolute atomic E-state index is 0.0416. The summed E-state index contributed by atoms with van der Waals surface area (Å²) >= 11 is 0. The van der Waals surface area contributed by atoms with Gasteiger partial charge in [-0.05, 0) is 20.3 Å². The molecule has 0 aliphatic carbocycles. The summed E-state index contributed by atoms with van der Waals surface area (Å²) in [6.07, 6.45) is 0.0491. The molecule has 8 heteroatoms. The molecule has 1 aromatic heterocycles. The number of aryl methyl sites for hydroxylation is 1. The molecule has 0 fully saturated rings. The highest BCUT2D eigenvalue weighted by atomic mass is 16.4. The first-order chi connectivity index (χ1) is 9.29. The molecule has 1 aromatic rings. The molecule has 1 atom stereocenters. The number of carboxylic acids is 1. The molecule has 1 rings (SSSR count). The molecule has 0 aromatic carbocycles. The number of rotatable bonds is 6. The average Bonchev–Trinajstić information content (AvgIpc) is 2.25. The quantitative estimate of drug-likeness (QED) is 0.547. The molecule has 0 spiro atoms. The summed E-state index contributed by atoms with van der Waals surface area (Å²) in [5.41, 5.74) is -0.343. The van der Waals surface area contributed by atoms with Crippen molar-refractivity contribution in [2.24, 2.45) is 0 Å². The van der Waals surface area contributed by atoms with Crippen LogP contribution in [0.15, 0.2) is 9.59 Å². The molecule has 8 nitrogen and oxygen atoms in total. The van der Waals surface area contributed by atoms with Crippen molar-refractivity contribution < 1.29 is 14.7 Å². The molecule has 110 valence electrons. The number of aromatic amines is 2. The van der Waals surface area contributed by atoms with Crippen molar-refractivity contribution in [3.8, 4) is 0 Å². The highest BCUT2D eigenvalue weighted by Gasteiger charge is 2.13. The number of hydrogen-bond acceptors (Lipinski definition) is 4. The molecule has 1 amide bonds. The fourth-order valence-corrected chi connectivity index (χ4v) is 1.83. The Labute approximate surface area is 114 Å². The van der Waals surface area contributed by atoms with Gasteiger partial charge in [-0.1, -0.05) is 0 Å². The van der Waals surface area contributed by atoms with Gasteiger partial charge in [-0.25, -0.2) is 4.79 Å². The Morgan fingerprint density at radius 1 is 1.30 bits per heavy atom. The van der Waals surface area contributed by atoms with Gasteiger partial charge in [-0.3, -0.25) is 19.4 Å². The van der Waals surface area contributed by atoms with E-state index in [9.17, 15) is 19.2 Å². The largest absolute Gasteiger partial charge is 0.481 e. The van der Waals surface area contributed by atoms with Crippen molar-refractivity contribution in [1.29, 1.82) is 0 Å². The van der Waals surface area contributed by atoms with Gasteiger partial charge in [-0.15, -0.1) is 0 Å². The predicted molar refractivity (Wildman–Crippen MR) is 70.6 cm³/mol. The zero-order valence-corrected chi connectivity index (χ0v) is 11.3. The van der Waals surface area contributed by atoms with E-state index in [0.29, 0.717) is 11.3 Å². The second-order valence-corrected chi connectivity index (χ2v) is 4.58. The van der Waals surface area contributed by atoms with Crippen LogP contribution in [0.2, 0.25) is 0 Å². The second-order valence-electron chi connectivity index (χ2n) is 4.58. The van der Waals surface area contributed by atoms with Crippen LogP contribution in [-0.2, 0) is 16.0 Å². The summed E-state index contributed by atoms with van der Waals surface area (Å²) in [4.78, 5) is 49.2. The van der Waals surface area contributed by atoms with Crippen molar-refractivity contribution in [3.63, 3.8) is 0 Å². The van der Waals surface area contributed by atoms with Gasteiger partial charge in [0.1, 0.15) is 0 Å². The number of carbonyl (C=O) groups excluding carboxylic acids is 1. The third-order valence-electron chi connectivity index (χ3n) is 2.75. The maximum atomic E-state index is 11.6. The summed E-state index contributed by atoms with van der Waals surface area (Å²) in [7, 11) is 0. The van der Waals surface area contributed by atoms with Gasteiger partial charge in [0, 0.05) is 23.7 Å². The summed E-state index contributed by atoms with van der Waals surface area (Å²) in [5.74, 6) is -1.34. The number of aliphatic carboxylic acids is 1. The van der Waals surface area contributed by atoms with Crippen molar-refractivity contribution in [1.82, 2.24) is 15.3 Å². The van der Waals surface area contributed by atoms with Gasteiger partial charge < -0.3 is 15.4 Å². The van der Waals surface area contributed by atoms with E-state index in [4.69, 9.17) is 5.11 Å². The highest BCUT2D eigenvalue weighted by molar-refractivity contribution is 5.77. The third-order valence-corrected chi connectivity index (χ3v) is 2.75. The first kappa shape index (κ1) is 15.7. The van der Waals surface area contributed by atoms with Crippen LogP contribution in [0, 0.1) is 6.92 Å². The number of hydrogen-bond donors (Lipinski definition) is 4. The lowest BCUT2D eigenvalue weighted by molar-refractivity contribution is -0.137. The lowest BCUT2D eigenvalue weighted by Crippen LogP contribution is -2.35. The number of amides is 1. The molecule has 0 saturated carbocycles. The molecular weight excluding hydrogens is 266 g/mol. The zero-order chi connectivity index (χ0) is 15.3. The van der Waals surface area contributed by atoms with E-state index in [1.807, 2.05) is 0 Å². The van der Waals surface area contributed by atoms with Crippen molar-refractivity contribution >= 4 is 11.9 Å². The van der Waals surface area contributed by atoms with E-state index < -0.39 is 23.3 Å². The minimum Gasteiger partial charge on any atom is -0.481 e. The number of carbonyl (C=O) groups is 2. The average molecular weight is 283 g/mol. The number of H-pyrrole nitrogens is 2. The van der Waals surface area contributed by atoms with Crippen LogP contribution in [0.4, 0.5) is 0 Å². The Morgan fingerprint density at radius 2 is 1.95 bits per heavy atom. The first-order valence-corrected chi connectivity index (χ1v) is 6.13. The molecule has 0 saturated heterocycles. The molecule has 1 unspecified atom stereocenters. The Kier molecular flexibility index (Phi) is 5.24. The molecule has 0 aliphatic heterocycles. The summed E-state index contributed by atoms with van der Waals surface area (Å²) < 4.78 is 0. The second kappa shape index (κ2) is 6.69. The van der Waals surface area contributed by atoms with Crippen LogP contribution in [0.5, 0.6) is 0 Å². The molecular formula is C12H17N3O5. The lowest BCUT2D eigenvalue weighted by atomic mass is 10.1. The first-order valence-electron chi connectivity index (χ1n) is 6.13. The van der Waals surface area contributed by atoms with Crippen LogP contribution in [0.3, 0.4) is 0 Å². The topological polar surface area (TPSA) is 132 Å². The zero-order valence-electron chi connectivity index (χ0n) is 11.3. The van der Waals surface area contributed by atoms with Gasteiger partial charge in [0.05, 0.1) is 6.42 Å². The smallest absolute Gasteiger partial charge is 0.325 e. The number of nitrogens with one attached hydrogen (secondary N) is 3. The third kappa shape index (κ3) is 4.71. The Bertz CT molecular complexity index is 616. The van der Waals surface area contributed by atoms with Crippen LogP contribution in [-0.4, -0.2) is 33.0 Å². The van der Waals surface area contributed by atoms with Crippen molar-refractivity contribution in [3.05, 3.63) is 32.1 Å². The fourth-order valence-electron chi connectivity index (χ4n) is 1.83. The fraction of sp³-hybridized carbons (Fsp3) is 0.500. The predicted octanol–water partition coefficient (Wildman–Crippen LogP) is -0.716. The molecule has 0 bridgehead atoms. The van der Waals surface area contributed by atoms with Crippen LogP contribution >= 0.6 is 0 Å². The van der Waals surface area contributed by atoms with E-state index in [1.54, 1.807) is 13.8 Å². The molecule has 0 aliphatic rings. The van der Waals surface area contributed by atoms with Crippen LogP contribution in [0.1, 0.15) is 31.0 Å². The van der Waals surface area contributed by atoms with E-state index in [2.05, 4.69) is 15.3 Å². The summed E-state index contributed by atoms with van der Waals surface area (Å²) in [6.45, 7) is 3.17. The van der Waals surface area contributed by atoms with E-state index in [0.717, 1.165) is 0 Å². The van der Waals surface area contributed by atoms with E-state index in [-0.39, 0.29) is 25.2 Å². The maximum absolute atomic E-state index is 11.6. The number of carboxylic acid groups (broad SMARTS) is 1. The SMILES string of the molecule is Cc1[nH]c(=O)[nH]c(=O)c1CCC(=O)NC(C)CC(=O)O. The van der Waals surface area contributed by atoms with Gasteiger partial charge in [0.2, 0.25) is 5.91 Å². The highest BCUT2D eigenvalue weighted by Crippen LogP contribution is 2.00. The minimum atomic E-state index is -0.995. The van der Waals surface area contributed by atoms with Gasteiger partial charge in [0.25, 0.3) is 5.56 Å². The maximum Gasteiger partial charge on any atom is 0.325 e. The van der Waals surface area contributed by atoms with Gasteiger partial charge in [-0.2, -0.15) is 0 Å². The Hall–Kier alpha value is -2.38. The normalized spacial score (nSPS) is 11.9. The Balaban J connectivity index is 2.60. The summed E-state index contributed by atoms with van der Waals surface area (Å²) in [6, 6.07) is -0.477. The lowest BCUT2D eigenvalue weighted by Gasteiger charge is -2.11. The standard InChI is InChI=1S/C12H17N3O5/c1-6(5-10(17)18)13-9(16)4-3-8-7(2)14-12(20)15-11(8)19/h6H,3-5H2,1-2H3,(H,13,16)(H,17,18)(H2,14,15,19,20). The van der Waals surface area contributed by atoms with Crippen molar-refractivity contribution in [2.45, 2.75) is 39.2 Å². The van der Waals surface area contributed by atoms with Crippen molar-refractivity contribution in [2.75, 3.05) is 0 Å². The summed E-state index contributed by atoms with van der Waals surface area (Å²) in [5, 5.41) is 11.1.